The Morgan fingerprint density at radius 2 is 2.40 bits per heavy atom. The number of aromatic nitrogens is 4. The Morgan fingerprint density at radius 1 is 1.60 bits per heavy atom. The van der Waals surface area contributed by atoms with Crippen LogP contribution in [-0.4, -0.2) is 26.2 Å². The molecule has 15 heavy (non-hydrogen) atoms. The molecule has 0 saturated heterocycles. The third-order valence-corrected chi connectivity index (χ3v) is 3.17. The maximum atomic E-state index is 5.14. The molecule has 0 N–H and O–H groups in total. The Balaban J connectivity index is 2.27. The van der Waals surface area contributed by atoms with Gasteiger partial charge in [0.05, 0.1) is 9.77 Å². The van der Waals surface area contributed by atoms with Gasteiger partial charge in [0.1, 0.15) is 6.10 Å². The van der Waals surface area contributed by atoms with Crippen LogP contribution in [0.15, 0.2) is 12.4 Å². The van der Waals surface area contributed by atoms with E-state index < -0.39 is 0 Å². The molecule has 1 unspecified atom stereocenters. The smallest absolute Gasteiger partial charge is 0.230 e. The van der Waals surface area contributed by atoms with E-state index in [-0.39, 0.29) is 6.10 Å². The normalized spacial score (nSPS) is 13.0. The lowest BCUT2D eigenvalue weighted by Gasteiger charge is -2.02. The van der Waals surface area contributed by atoms with Crippen LogP contribution in [0.4, 0.5) is 0 Å². The molecule has 0 aromatic carbocycles. The van der Waals surface area contributed by atoms with Gasteiger partial charge in [0.25, 0.3) is 0 Å². The van der Waals surface area contributed by atoms with Gasteiger partial charge in [0.2, 0.25) is 5.13 Å². The van der Waals surface area contributed by atoms with Crippen LogP contribution in [-0.2, 0) is 4.74 Å². The highest BCUT2D eigenvalue weighted by molar-refractivity contribution is 14.1. The second kappa shape index (κ2) is 4.54. The molecule has 0 radical (unpaired) electrons. The van der Waals surface area contributed by atoms with E-state index in [9.17, 15) is 0 Å². The van der Waals surface area contributed by atoms with E-state index in [0.717, 1.165) is 8.70 Å². The van der Waals surface area contributed by atoms with E-state index in [1.807, 2.05) is 13.1 Å². The molecule has 0 saturated carbocycles. The fourth-order valence-corrected chi connectivity index (χ4v) is 2.07. The lowest BCUT2D eigenvalue weighted by Crippen LogP contribution is -1.99. The molecule has 0 aliphatic heterocycles. The fraction of sp³-hybridized carbons (Fsp3) is 0.375. The Morgan fingerprint density at radius 3 is 3.00 bits per heavy atom. The molecule has 2 heterocycles. The molecular weight excluding hydrogens is 327 g/mol. The molecular formula is C8H9IN4OS. The standard InChI is InChI=1S/C8H9IN4OS/c1-5(14-2)7-11-8(15-12-7)13-4-6(9)3-10-13/h3-5H,1-2H3. The van der Waals surface area contributed by atoms with Crippen LogP contribution >= 0.6 is 34.1 Å². The summed E-state index contributed by atoms with van der Waals surface area (Å²) in [5.74, 6) is 0.697. The van der Waals surface area contributed by atoms with E-state index in [1.165, 1.54) is 11.5 Å². The van der Waals surface area contributed by atoms with Crippen molar-refractivity contribution < 1.29 is 4.74 Å². The van der Waals surface area contributed by atoms with Crippen molar-refractivity contribution in [2.24, 2.45) is 0 Å². The lowest BCUT2D eigenvalue weighted by atomic mass is 10.4. The number of ether oxygens (including phenoxy) is 1. The minimum atomic E-state index is -0.0790. The number of halogens is 1. The van der Waals surface area contributed by atoms with Crippen LogP contribution in [0.25, 0.3) is 5.13 Å². The maximum Gasteiger partial charge on any atom is 0.230 e. The summed E-state index contributed by atoms with van der Waals surface area (Å²) in [6.07, 6.45) is 3.61. The number of methoxy groups -OCH3 is 1. The predicted octanol–water partition coefficient (Wildman–Crippen LogP) is 2.04. The molecule has 2 aromatic heterocycles. The second-order valence-corrected chi connectivity index (χ2v) is 4.89. The maximum absolute atomic E-state index is 5.14. The van der Waals surface area contributed by atoms with Crippen molar-refractivity contribution in [3.63, 3.8) is 0 Å². The largest absolute Gasteiger partial charge is 0.374 e. The zero-order chi connectivity index (χ0) is 10.8. The average Bonchev–Trinajstić information content (AvgIpc) is 2.84. The van der Waals surface area contributed by atoms with Gasteiger partial charge in [-0.1, -0.05) is 0 Å². The zero-order valence-electron chi connectivity index (χ0n) is 8.22. The van der Waals surface area contributed by atoms with Crippen LogP contribution in [0.5, 0.6) is 0 Å². The molecule has 0 aliphatic carbocycles. The van der Waals surface area contributed by atoms with E-state index in [2.05, 4.69) is 37.0 Å². The molecule has 0 bridgehead atoms. The summed E-state index contributed by atoms with van der Waals surface area (Å²) in [5.41, 5.74) is 0. The van der Waals surface area contributed by atoms with Gasteiger partial charge in [-0.25, -0.2) is 4.68 Å². The summed E-state index contributed by atoms with van der Waals surface area (Å²) < 4.78 is 12.1. The van der Waals surface area contributed by atoms with E-state index in [1.54, 1.807) is 18.0 Å². The molecule has 7 heteroatoms. The topological polar surface area (TPSA) is 52.8 Å². The fourth-order valence-electron chi connectivity index (χ4n) is 0.995. The van der Waals surface area contributed by atoms with Crippen LogP contribution in [0, 0.1) is 3.57 Å². The van der Waals surface area contributed by atoms with Gasteiger partial charge >= 0.3 is 0 Å². The van der Waals surface area contributed by atoms with Crippen LogP contribution in [0.1, 0.15) is 18.9 Å². The van der Waals surface area contributed by atoms with E-state index >= 15 is 0 Å². The summed E-state index contributed by atoms with van der Waals surface area (Å²) in [7, 11) is 1.64. The number of rotatable bonds is 3. The molecule has 0 spiro atoms. The molecule has 0 fully saturated rings. The minimum absolute atomic E-state index is 0.0790. The molecule has 0 amide bonds. The quantitative estimate of drug-likeness (QED) is 0.805. The van der Waals surface area contributed by atoms with Gasteiger partial charge in [-0.05, 0) is 29.5 Å². The van der Waals surface area contributed by atoms with Crippen molar-refractivity contribution >= 4 is 34.1 Å². The molecule has 5 nitrogen and oxygen atoms in total. The first kappa shape index (κ1) is 11.0. The number of nitrogens with zero attached hydrogens (tertiary/aromatic N) is 4. The number of hydrogen-bond acceptors (Lipinski definition) is 5. The first-order valence-electron chi connectivity index (χ1n) is 4.27. The highest BCUT2D eigenvalue weighted by Gasteiger charge is 2.12. The number of hydrogen-bond donors (Lipinski definition) is 0. The van der Waals surface area contributed by atoms with Crippen molar-refractivity contribution in [2.45, 2.75) is 13.0 Å². The summed E-state index contributed by atoms with van der Waals surface area (Å²) in [6.45, 7) is 1.92. The van der Waals surface area contributed by atoms with Crippen LogP contribution in [0.2, 0.25) is 0 Å². The Kier molecular flexibility index (Phi) is 3.32. The summed E-state index contributed by atoms with van der Waals surface area (Å²) >= 11 is 3.52. The molecule has 1 atom stereocenters. The molecule has 0 aliphatic rings. The predicted molar refractivity (Wildman–Crippen MR) is 65.2 cm³/mol. The lowest BCUT2D eigenvalue weighted by molar-refractivity contribution is 0.113. The van der Waals surface area contributed by atoms with Crippen molar-refractivity contribution in [3.05, 3.63) is 21.8 Å². The third kappa shape index (κ3) is 2.34. The highest BCUT2D eigenvalue weighted by Crippen LogP contribution is 2.17. The monoisotopic (exact) mass is 336 g/mol. The molecule has 80 valence electrons. The Hall–Kier alpha value is -0.540. The van der Waals surface area contributed by atoms with Gasteiger partial charge in [-0.2, -0.15) is 14.5 Å². The zero-order valence-corrected chi connectivity index (χ0v) is 11.2. The van der Waals surface area contributed by atoms with Crippen LogP contribution < -0.4 is 0 Å². The van der Waals surface area contributed by atoms with Gasteiger partial charge in [0.15, 0.2) is 5.82 Å². The van der Waals surface area contributed by atoms with Crippen molar-refractivity contribution in [1.82, 2.24) is 19.1 Å². The second-order valence-electron chi connectivity index (χ2n) is 2.92. The summed E-state index contributed by atoms with van der Waals surface area (Å²) in [5, 5.41) is 4.92. The summed E-state index contributed by atoms with van der Waals surface area (Å²) in [4.78, 5) is 4.34. The average molecular weight is 336 g/mol. The van der Waals surface area contributed by atoms with Gasteiger partial charge < -0.3 is 4.74 Å². The molecule has 2 rings (SSSR count). The van der Waals surface area contributed by atoms with E-state index in [0.29, 0.717) is 5.82 Å². The third-order valence-electron chi connectivity index (χ3n) is 1.90. The highest BCUT2D eigenvalue weighted by atomic mass is 127. The Labute approximate surface area is 105 Å². The SMILES string of the molecule is COC(C)c1nsc(-n2cc(I)cn2)n1. The van der Waals surface area contributed by atoms with Gasteiger partial charge in [-0.3, -0.25) is 0 Å². The molecule has 2 aromatic rings. The van der Waals surface area contributed by atoms with Gasteiger partial charge in [0, 0.05) is 24.8 Å². The first-order valence-corrected chi connectivity index (χ1v) is 6.13. The van der Waals surface area contributed by atoms with Crippen LogP contribution in [0.3, 0.4) is 0 Å². The Bertz CT molecular complexity index is 455. The minimum Gasteiger partial charge on any atom is -0.374 e. The van der Waals surface area contributed by atoms with Crippen molar-refractivity contribution in [2.75, 3.05) is 7.11 Å². The van der Waals surface area contributed by atoms with Gasteiger partial charge in [-0.15, -0.1) is 0 Å². The van der Waals surface area contributed by atoms with Crippen molar-refractivity contribution in [3.8, 4) is 5.13 Å². The van der Waals surface area contributed by atoms with E-state index in [4.69, 9.17) is 4.74 Å². The first-order chi connectivity index (χ1) is 7.20. The van der Waals surface area contributed by atoms with Crippen molar-refractivity contribution in [1.29, 1.82) is 0 Å². The summed E-state index contributed by atoms with van der Waals surface area (Å²) in [6, 6.07) is 0.